The predicted octanol–water partition coefficient (Wildman–Crippen LogP) is -0.603. The van der Waals surface area contributed by atoms with Crippen LogP contribution in [-0.4, -0.2) is 88.7 Å². The molecule has 31 heavy (non-hydrogen) atoms. The molecule has 0 saturated carbocycles. The van der Waals surface area contributed by atoms with Crippen LogP contribution >= 0.6 is 23.5 Å². The van der Waals surface area contributed by atoms with Crippen molar-refractivity contribution in [3.05, 3.63) is 0 Å². The number of nitrogens with two attached hydrogens (primary N) is 1. The topological polar surface area (TPSA) is 171 Å². The van der Waals surface area contributed by atoms with Gasteiger partial charge in [-0.1, -0.05) is 20.3 Å². The molecule has 0 spiro atoms. The minimum atomic E-state index is -1.47. The second kappa shape index (κ2) is 16.2. The summed E-state index contributed by atoms with van der Waals surface area (Å²) in [4.78, 5) is 49.0. The number of carbonyl (C=O) groups excluding carboxylic acids is 3. The maximum atomic E-state index is 13.0. The number of rotatable bonds is 16. The number of aliphatic hydroxyl groups excluding tert-OH is 1. The molecule has 0 aliphatic heterocycles. The number of nitrogens with one attached hydrogen (secondary N) is 3. The predicted molar refractivity (Wildman–Crippen MR) is 124 cm³/mol. The van der Waals surface area contributed by atoms with Crippen LogP contribution < -0.4 is 21.7 Å². The maximum absolute atomic E-state index is 13.0. The van der Waals surface area contributed by atoms with E-state index in [-0.39, 0.29) is 12.3 Å². The lowest BCUT2D eigenvalue weighted by Crippen LogP contribution is -2.59. The van der Waals surface area contributed by atoms with Crippen LogP contribution in [0.5, 0.6) is 0 Å². The Morgan fingerprint density at radius 2 is 1.45 bits per heavy atom. The number of hydrogen-bond acceptors (Lipinski definition) is 8. The fourth-order valence-electron chi connectivity index (χ4n) is 2.56. The number of carboxylic acids is 1. The fourth-order valence-corrected chi connectivity index (χ4v) is 3.52. The summed E-state index contributed by atoms with van der Waals surface area (Å²) in [6.45, 7) is 2.91. The summed E-state index contributed by atoms with van der Waals surface area (Å²) < 4.78 is 0. The van der Waals surface area contributed by atoms with E-state index >= 15 is 0 Å². The molecule has 180 valence electrons. The highest BCUT2D eigenvalue weighted by atomic mass is 32.2. The van der Waals surface area contributed by atoms with E-state index in [1.165, 1.54) is 11.8 Å². The van der Waals surface area contributed by atoms with Gasteiger partial charge in [0.2, 0.25) is 17.7 Å². The van der Waals surface area contributed by atoms with Gasteiger partial charge in [0.05, 0.1) is 12.6 Å². The highest BCUT2D eigenvalue weighted by Crippen LogP contribution is 2.11. The monoisotopic (exact) mass is 480 g/mol. The summed E-state index contributed by atoms with van der Waals surface area (Å²) in [5.41, 5.74) is 5.90. The van der Waals surface area contributed by atoms with Crippen molar-refractivity contribution in [1.29, 1.82) is 0 Å². The van der Waals surface area contributed by atoms with E-state index in [1.54, 1.807) is 18.7 Å². The van der Waals surface area contributed by atoms with Gasteiger partial charge in [-0.05, 0) is 42.8 Å². The van der Waals surface area contributed by atoms with Gasteiger partial charge in [0.15, 0.2) is 0 Å². The molecule has 12 heteroatoms. The van der Waals surface area contributed by atoms with Gasteiger partial charge in [-0.3, -0.25) is 14.4 Å². The van der Waals surface area contributed by atoms with E-state index in [0.29, 0.717) is 24.3 Å². The molecular formula is C19H36N4O6S2. The first-order chi connectivity index (χ1) is 14.6. The zero-order valence-electron chi connectivity index (χ0n) is 18.6. The van der Waals surface area contributed by atoms with Gasteiger partial charge < -0.3 is 31.9 Å². The Labute approximate surface area is 192 Å². The molecule has 0 aromatic carbocycles. The molecule has 5 unspecified atom stereocenters. The van der Waals surface area contributed by atoms with Gasteiger partial charge in [0.25, 0.3) is 0 Å². The van der Waals surface area contributed by atoms with Crippen molar-refractivity contribution < 1.29 is 29.4 Å². The summed E-state index contributed by atoms with van der Waals surface area (Å²) in [5, 5.41) is 25.7. The lowest BCUT2D eigenvalue weighted by Gasteiger charge is -2.27. The molecule has 0 bridgehead atoms. The second-order valence-electron chi connectivity index (χ2n) is 7.18. The van der Waals surface area contributed by atoms with Crippen LogP contribution in [0.3, 0.4) is 0 Å². The molecule has 0 saturated heterocycles. The Kier molecular flexibility index (Phi) is 15.4. The third-order valence-electron chi connectivity index (χ3n) is 4.80. The first kappa shape index (κ1) is 29.5. The first-order valence-electron chi connectivity index (χ1n) is 10.1. The van der Waals surface area contributed by atoms with Crippen molar-refractivity contribution in [1.82, 2.24) is 16.0 Å². The minimum absolute atomic E-state index is 0.217. The van der Waals surface area contributed by atoms with Crippen LogP contribution in [0, 0.1) is 5.92 Å². The van der Waals surface area contributed by atoms with E-state index < -0.39 is 54.5 Å². The Bertz CT molecular complexity index is 596. The first-order valence-corrected chi connectivity index (χ1v) is 12.9. The van der Waals surface area contributed by atoms with Gasteiger partial charge >= 0.3 is 5.97 Å². The van der Waals surface area contributed by atoms with E-state index in [2.05, 4.69) is 16.0 Å². The van der Waals surface area contributed by atoms with Crippen molar-refractivity contribution in [2.45, 2.75) is 57.3 Å². The lowest BCUT2D eigenvalue weighted by atomic mass is 9.97. The Morgan fingerprint density at radius 1 is 0.903 bits per heavy atom. The molecule has 10 nitrogen and oxygen atoms in total. The molecule has 7 N–H and O–H groups in total. The van der Waals surface area contributed by atoms with E-state index in [0.717, 1.165) is 0 Å². The van der Waals surface area contributed by atoms with Gasteiger partial charge in [-0.15, -0.1) is 0 Å². The highest BCUT2D eigenvalue weighted by Gasteiger charge is 2.32. The third kappa shape index (κ3) is 11.1. The Balaban J connectivity index is 5.36. The standard InChI is InChI=1S/C19H36N4O6S2/c1-5-11(2)15(23-16(25)12(20)6-8-30-3)18(27)21-13(7-9-31-4)17(26)22-14(10-24)19(28)29/h11-15,24H,5-10,20H2,1-4H3,(H,21,27)(H,22,26)(H,23,25)(H,28,29). The smallest absolute Gasteiger partial charge is 0.328 e. The maximum Gasteiger partial charge on any atom is 0.328 e. The number of thioether (sulfide) groups is 2. The zero-order valence-corrected chi connectivity index (χ0v) is 20.2. The third-order valence-corrected chi connectivity index (χ3v) is 6.09. The quantitative estimate of drug-likeness (QED) is 0.169. The number of hydrogen-bond donors (Lipinski definition) is 6. The van der Waals surface area contributed by atoms with Crippen LogP contribution in [0.1, 0.15) is 33.1 Å². The largest absolute Gasteiger partial charge is 0.480 e. The molecule has 0 aliphatic carbocycles. The molecule has 0 aliphatic rings. The molecule has 0 fully saturated rings. The molecule has 0 rings (SSSR count). The number of amides is 3. The number of aliphatic carboxylic acids is 1. The molecule has 0 aromatic rings. The molecule has 0 aromatic heterocycles. The number of carbonyl (C=O) groups is 4. The molecule has 0 heterocycles. The van der Waals surface area contributed by atoms with E-state index in [4.69, 9.17) is 15.9 Å². The highest BCUT2D eigenvalue weighted by molar-refractivity contribution is 7.98. The van der Waals surface area contributed by atoms with Crippen LogP contribution in [0.25, 0.3) is 0 Å². The molecule has 3 amide bonds. The SMILES string of the molecule is CCC(C)C(NC(=O)C(N)CCSC)C(=O)NC(CCSC)C(=O)NC(CO)C(=O)O. The number of carboxylic acid groups (broad SMARTS) is 1. The van der Waals surface area contributed by atoms with Crippen LogP contribution in [0.4, 0.5) is 0 Å². The van der Waals surface area contributed by atoms with Crippen LogP contribution in [-0.2, 0) is 19.2 Å². The summed E-state index contributed by atoms with van der Waals surface area (Å²) in [7, 11) is 0. The van der Waals surface area contributed by atoms with Crippen molar-refractivity contribution in [3.8, 4) is 0 Å². The average Bonchev–Trinajstić information content (AvgIpc) is 2.75. The fraction of sp³-hybridized carbons (Fsp3) is 0.789. The van der Waals surface area contributed by atoms with Crippen molar-refractivity contribution in [2.75, 3.05) is 30.6 Å². The Morgan fingerprint density at radius 3 is 1.94 bits per heavy atom. The summed E-state index contributed by atoms with van der Waals surface area (Å²) in [6, 6.07) is -4.12. The van der Waals surface area contributed by atoms with Gasteiger partial charge in [0, 0.05) is 0 Å². The summed E-state index contributed by atoms with van der Waals surface area (Å²) >= 11 is 3.03. The van der Waals surface area contributed by atoms with Crippen molar-refractivity contribution in [3.63, 3.8) is 0 Å². The van der Waals surface area contributed by atoms with Crippen LogP contribution in [0.2, 0.25) is 0 Å². The normalized spacial score (nSPS) is 15.8. The van der Waals surface area contributed by atoms with Gasteiger partial charge in [-0.2, -0.15) is 23.5 Å². The average molecular weight is 481 g/mol. The Hall–Kier alpha value is -1.50. The van der Waals surface area contributed by atoms with Gasteiger partial charge in [0.1, 0.15) is 18.1 Å². The van der Waals surface area contributed by atoms with E-state index in [9.17, 15) is 19.2 Å². The van der Waals surface area contributed by atoms with Gasteiger partial charge in [-0.25, -0.2) is 4.79 Å². The minimum Gasteiger partial charge on any atom is -0.480 e. The zero-order chi connectivity index (χ0) is 24.0. The second-order valence-corrected chi connectivity index (χ2v) is 9.16. The molecular weight excluding hydrogens is 444 g/mol. The summed E-state index contributed by atoms with van der Waals surface area (Å²) in [5.74, 6) is -2.05. The van der Waals surface area contributed by atoms with Crippen molar-refractivity contribution >= 4 is 47.2 Å². The van der Waals surface area contributed by atoms with E-state index in [1.807, 2.05) is 19.4 Å². The molecule has 5 atom stereocenters. The number of aliphatic hydroxyl groups is 1. The van der Waals surface area contributed by atoms with Crippen molar-refractivity contribution in [2.24, 2.45) is 11.7 Å². The lowest BCUT2D eigenvalue weighted by molar-refractivity contribution is -0.143. The molecule has 0 radical (unpaired) electrons. The summed E-state index contributed by atoms with van der Waals surface area (Å²) in [6.07, 6.45) is 5.07. The van der Waals surface area contributed by atoms with Crippen LogP contribution in [0.15, 0.2) is 0 Å².